The highest BCUT2D eigenvalue weighted by Gasteiger charge is 2.20. The van der Waals surface area contributed by atoms with E-state index < -0.39 is 17.9 Å². The summed E-state index contributed by atoms with van der Waals surface area (Å²) >= 11 is 0. The van der Waals surface area contributed by atoms with Crippen LogP contribution >= 0.6 is 0 Å². The Morgan fingerprint density at radius 1 is 0.875 bits per heavy atom. The van der Waals surface area contributed by atoms with Gasteiger partial charge in [0.1, 0.15) is 0 Å². The van der Waals surface area contributed by atoms with E-state index in [1.165, 1.54) is 19.3 Å². The Morgan fingerprint density at radius 3 is 2.08 bits per heavy atom. The van der Waals surface area contributed by atoms with Crippen LogP contribution in [0.25, 0.3) is 0 Å². The van der Waals surface area contributed by atoms with Crippen molar-refractivity contribution in [1.29, 1.82) is 0 Å². The SMILES string of the molecule is CCCCCCCCCOC(=O)c1cc(C(=O)O)ccc1C(=O)O. The lowest BCUT2D eigenvalue weighted by atomic mass is 10.0. The van der Waals surface area contributed by atoms with Crippen LogP contribution in [0.3, 0.4) is 0 Å². The van der Waals surface area contributed by atoms with E-state index in [1.54, 1.807) is 0 Å². The summed E-state index contributed by atoms with van der Waals surface area (Å²) in [7, 11) is 0. The van der Waals surface area contributed by atoms with Gasteiger partial charge in [0.05, 0.1) is 23.3 Å². The maximum absolute atomic E-state index is 12.0. The summed E-state index contributed by atoms with van der Waals surface area (Å²) in [5.41, 5.74) is -0.641. The van der Waals surface area contributed by atoms with Crippen LogP contribution in [-0.4, -0.2) is 34.7 Å². The van der Waals surface area contributed by atoms with Gasteiger partial charge in [0.2, 0.25) is 0 Å². The van der Waals surface area contributed by atoms with Gasteiger partial charge in [0.15, 0.2) is 0 Å². The van der Waals surface area contributed by atoms with E-state index >= 15 is 0 Å². The van der Waals surface area contributed by atoms with Crippen molar-refractivity contribution >= 4 is 17.9 Å². The molecule has 1 aromatic rings. The maximum atomic E-state index is 12.0. The third-order valence-corrected chi connectivity index (χ3v) is 3.70. The minimum absolute atomic E-state index is 0.150. The first-order chi connectivity index (χ1) is 11.5. The van der Waals surface area contributed by atoms with E-state index in [-0.39, 0.29) is 23.3 Å². The Labute approximate surface area is 141 Å². The zero-order chi connectivity index (χ0) is 17.9. The summed E-state index contributed by atoms with van der Waals surface area (Å²) in [5, 5.41) is 18.1. The third-order valence-electron chi connectivity index (χ3n) is 3.70. The Hall–Kier alpha value is -2.37. The topological polar surface area (TPSA) is 101 Å². The monoisotopic (exact) mass is 336 g/mol. The number of carboxylic acids is 2. The van der Waals surface area contributed by atoms with Crippen molar-refractivity contribution in [2.75, 3.05) is 6.61 Å². The average Bonchev–Trinajstić information content (AvgIpc) is 2.56. The van der Waals surface area contributed by atoms with Crippen molar-refractivity contribution in [2.24, 2.45) is 0 Å². The lowest BCUT2D eigenvalue weighted by Crippen LogP contribution is -2.14. The molecular weight excluding hydrogens is 312 g/mol. The molecular formula is C18H24O6. The highest BCUT2D eigenvalue weighted by atomic mass is 16.5. The summed E-state index contributed by atoms with van der Waals surface area (Å²) < 4.78 is 5.09. The number of unbranched alkanes of at least 4 members (excludes halogenated alkanes) is 6. The van der Waals surface area contributed by atoms with Gasteiger partial charge in [-0.15, -0.1) is 0 Å². The van der Waals surface area contributed by atoms with Gasteiger partial charge in [0.25, 0.3) is 0 Å². The zero-order valence-corrected chi connectivity index (χ0v) is 13.9. The molecule has 0 aromatic heterocycles. The zero-order valence-electron chi connectivity index (χ0n) is 13.9. The number of carbonyl (C=O) groups excluding carboxylic acids is 1. The fraction of sp³-hybridized carbons (Fsp3) is 0.500. The first-order valence-electron chi connectivity index (χ1n) is 8.25. The van der Waals surface area contributed by atoms with Crippen LogP contribution in [0.15, 0.2) is 18.2 Å². The number of ether oxygens (including phenoxy) is 1. The van der Waals surface area contributed by atoms with Gasteiger partial charge in [-0.2, -0.15) is 0 Å². The molecule has 6 heteroatoms. The normalized spacial score (nSPS) is 10.4. The highest BCUT2D eigenvalue weighted by Crippen LogP contribution is 2.15. The van der Waals surface area contributed by atoms with E-state index in [0.717, 1.165) is 37.5 Å². The number of hydrogen-bond donors (Lipinski definition) is 2. The fourth-order valence-corrected chi connectivity index (χ4v) is 2.33. The first kappa shape index (κ1) is 19.7. The molecule has 2 N–H and O–H groups in total. The van der Waals surface area contributed by atoms with E-state index in [1.807, 2.05) is 0 Å². The number of aromatic carboxylic acids is 2. The Balaban J connectivity index is 2.53. The van der Waals surface area contributed by atoms with Gasteiger partial charge in [-0.3, -0.25) is 0 Å². The molecule has 0 unspecified atom stereocenters. The molecule has 0 fully saturated rings. The van der Waals surface area contributed by atoms with E-state index in [9.17, 15) is 14.4 Å². The van der Waals surface area contributed by atoms with Crippen molar-refractivity contribution < 1.29 is 29.3 Å². The molecule has 0 aliphatic heterocycles. The molecule has 0 saturated heterocycles. The molecule has 0 heterocycles. The maximum Gasteiger partial charge on any atom is 0.339 e. The predicted molar refractivity (Wildman–Crippen MR) is 88.6 cm³/mol. The molecule has 0 bridgehead atoms. The van der Waals surface area contributed by atoms with Crippen LogP contribution in [0.5, 0.6) is 0 Å². The number of rotatable bonds is 11. The smallest absolute Gasteiger partial charge is 0.339 e. The first-order valence-corrected chi connectivity index (χ1v) is 8.25. The molecule has 0 atom stereocenters. The van der Waals surface area contributed by atoms with Crippen LogP contribution in [0.4, 0.5) is 0 Å². The van der Waals surface area contributed by atoms with Crippen molar-refractivity contribution in [3.05, 3.63) is 34.9 Å². The third kappa shape index (κ3) is 6.40. The molecule has 0 aliphatic carbocycles. The lowest BCUT2D eigenvalue weighted by molar-refractivity contribution is 0.0487. The van der Waals surface area contributed by atoms with Crippen molar-refractivity contribution in [2.45, 2.75) is 51.9 Å². The summed E-state index contributed by atoms with van der Waals surface area (Å²) in [6, 6.07) is 3.30. The molecule has 132 valence electrons. The minimum Gasteiger partial charge on any atom is -0.478 e. The van der Waals surface area contributed by atoms with Gasteiger partial charge < -0.3 is 14.9 Å². The van der Waals surface area contributed by atoms with E-state index in [2.05, 4.69) is 6.92 Å². The quantitative estimate of drug-likeness (QED) is 0.468. The summed E-state index contributed by atoms with van der Waals surface area (Å²) in [5.74, 6) is -3.33. The van der Waals surface area contributed by atoms with Crippen LogP contribution in [0, 0.1) is 0 Å². The van der Waals surface area contributed by atoms with E-state index in [4.69, 9.17) is 14.9 Å². The van der Waals surface area contributed by atoms with Gasteiger partial charge in [0, 0.05) is 0 Å². The Kier molecular flexibility index (Phi) is 8.54. The van der Waals surface area contributed by atoms with Crippen molar-refractivity contribution in [1.82, 2.24) is 0 Å². The van der Waals surface area contributed by atoms with E-state index in [0.29, 0.717) is 6.42 Å². The second-order valence-corrected chi connectivity index (χ2v) is 5.63. The summed E-state index contributed by atoms with van der Waals surface area (Å²) in [6.45, 7) is 2.35. The van der Waals surface area contributed by atoms with Gasteiger partial charge in [-0.05, 0) is 24.6 Å². The number of esters is 1. The number of hydrogen-bond acceptors (Lipinski definition) is 4. The van der Waals surface area contributed by atoms with Crippen LogP contribution in [0.2, 0.25) is 0 Å². The summed E-state index contributed by atoms with van der Waals surface area (Å²) in [4.78, 5) is 34.2. The fourth-order valence-electron chi connectivity index (χ4n) is 2.33. The van der Waals surface area contributed by atoms with Crippen LogP contribution < -0.4 is 0 Å². The number of benzene rings is 1. The molecule has 0 spiro atoms. The van der Waals surface area contributed by atoms with Crippen LogP contribution in [-0.2, 0) is 4.74 Å². The molecule has 0 saturated carbocycles. The molecule has 1 aromatic carbocycles. The number of carbonyl (C=O) groups is 3. The largest absolute Gasteiger partial charge is 0.478 e. The Morgan fingerprint density at radius 2 is 1.50 bits per heavy atom. The molecule has 24 heavy (non-hydrogen) atoms. The van der Waals surface area contributed by atoms with Gasteiger partial charge in [-0.25, -0.2) is 14.4 Å². The molecule has 6 nitrogen and oxygen atoms in total. The van der Waals surface area contributed by atoms with Crippen LogP contribution in [0.1, 0.15) is 82.9 Å². The molecule has 0 amide bonds. The minimum atomic E-state index is -1.30. The summed E-state index contributed by atoms with van der Waals surface area (Å²) in [6.07, 6.45) is 7.51. The Bertz CT molecular complexity index is 579. The second kappa shape index (κ2) is 10.4. The van der Waals surface area contributed by atoms with Gasteiger partial charge >= 0.3 is 17.9 Å². The predicted octanol–water partition coefficient (Wildman–Crippen LogP) is 3.99. The molecule has 0 radical (unpaired) electrons. The highest BCUT2D eigenvalue weighted by molar-refractivity contribution is 6.04. The standard InChI is InChI=1S/C18H24O6/c1-2-3-4-5-6-7-8-11-24-18(23)15-12-13(16(19)20)9-10-14(15)17(21)22/h9-10,12H,2-8,11H2,1H3,(H,19,20)(H,21,22). The van der Waals surface area contributed by atoms with Crippen molar-refractivity contribution in [3.8, 4) is 0 Å². The van der Waals surface area contributed by atoms with Crippen molar-refractivity contribution in [3.63, 3.8) is 0 Å². The average molecular weight is 336 g/mol. The molecule has 1 rings (SSSR count). The number of carboxylic acid groups (broad SMARTS) is 2. The molecule has 0 aliphatic rings. The van der Waals surface area contributed by atoms with Gasteiger partial charge in [-0.1, -0.05) is 45.4 Å². The lowest BCUT2D eigenvalue weighted by Gasteiger charge is -2.08. The second-order valence-electron chi connectivity index (χ2n) is 5.63.